The minimum Gasteiger partial charge on any atom is -0.339 e. The zero-order valence-electron chi connectivity index (χ0n) is 17.0. The number of imidazole rings is 1. The van der Waals surface area contributed by atoms with Gasteiger partial charge in [0.1, 0.15) is 5.82 Å². The van der Waals surface area contributed by atoms with Crippen molar-refractivity contribution in [2.45, 2.75) is 25.7 Å². The van der Waals surface area contributed by atoms with Gasteiger partial charge in [0.25, 0.3) is 5.91 Å². The molecule has 0 radical (unpaired) electrons. The molecule has 0 unspecified atom stereocenters. The van der Waals surface area contributed by atoms with Crippen LogP contribution < -0.4 is 0 Å². The van der Waals surface area contributed by atoms with Gasteiger partial charge in [-0.2, -0.15) is 0 Å². The average Bonchev–Trinajstić information content (AvgIpc) is 3.14. The molecule has 1 aliphatic rings. The zero-order valence-corrected chi connectivity index (χ0v) is 17.0. The summed E-state index contributed by atoms with van der Waals surface area (Å²) in [7, 11) is 0. The lowest BCUT2D eigenvalue weighted by Gasteiger charge is -2.32. The van der Waals surface area contributed by atoms with Crippen LogP contribution in [0.25, 0.3) is 16.7 Å². The van der Waals surface area contributed by atoms with E-state index < -0.39 is 0 Å². The predicted molar refractivity (Wildman–Crippen MR) is 118 cm³/mol. The maximum atomic E-state index is 13.1. The molecule has 2 aromatic carbocycles. The Morgan fingerprint density at radius 3 is 2.43 bits per heavy atom. The molecule has 30 heavy (non-hydrogen) atoms. The number of piperidine rings is 1. The smallest absolute Gasteiger partial charge is 0.253 e. The van der Waals surface area contributed by atoms with Crippen LogP contribution in [-0.2, 0) is 0 Å². The molecule has 4 aromatic rings. The van der Waals surface area contributed by atoms with Gasteiger partial charge in [-0.15, -0.1) is 0 Å². The van der Waals surface area contributed by atoms with Crippen molar-refractivity contribution in [3.05, 3.63) is 90.0 Å². The first-order valence-electron chi connectivity index (χ1n) is 10.4. The molecule has 150 valence electrons. The second-order valence-corrected chi connectivity index (χ2v) is 7.88. The highest BCUT2D eigenvalue weighted by atomic mass is 16.2. The van der Waals surface area contributed by atoms with E-state index in [1.54, 1.807) is 0 Å². The molecule has 0 spiro atoms. The third-order valence-corrected chi connectivity index (χ3v) is 6.04. The van der Waals surface area contributed by atoms with Crippen LogP contribution in [0.15, 0.2) is 73.1 Å². The number of para-hydroxylation sites is 1. The number of carbonyl (C=O) groups excluding carboxylic acids is 1. The van der Waals surface area contributed by atoms with Crippen molar-refractivity contribution in [2.24, 2.45) is 0 Å². The maximum absolute atomic E-state index is 13.1. The van der Waals surface area contributed by atoms with Crippen LogP contribution in [0, 0.1) is 6.92 Å². The second-order valence-electron chi connectivity index (χ2n) is 7.88. The molecular formula is C25H24N4O. The van der Waals surface area contributed by atoms with Crippen LogP contribution in [0.2, 0.25) is 0 Å². The van der Waals surface area contributed by atoms with Crippen LogP contribution in [0.4, 0.5) is 0 Å². The van der Waals surface area contributed by atoms with Gasteiger partial charge in [-0.05, 0) is 73.7 Å². The molecule has 5 rings (SSSR count). The summed E-state index contributed by atoms with van der Waals surface area (Å²) in [5, 5.41) is 0. The standard InChI is InChI=1S/C25H24N4O/c1-18-27-23-17-21(7-8-24(23)29(18)22-5-3-2-4-6-22)25(30)28-15-11-20(12-16-28)19-9-13-26-14-10-19/h2-10,13-14,17,20H,11-12,15-16H2,1H3. The summed E-state index contributed by atoms with van der Waals surface area (Å²) in [6.45, 7) is 3.56. The van der Waals surface area contributed by atoms with E-state index in [0.29, 0.717) is 11.5 Å². The molecule has 5 nitrogen and oxygen atoms in total. The maximum Gasteiger partial charge on any atom is 0.253 e. The largest absolute Gasteiger partial charge is 0.339 e. The number of pyridine rings is 1. The van der Waals surface area contributed by atoms with Crippen molar-refractivity contribution in [1.29, 1.82) is 0 Å². The van der Waals surface area contributed by atoms with Crippen molar-refractivity contribution in [3.63, 3.8) is 0 Å². The number of likely N-dealkylation sites (tertiary alicyclic amines) is 1. The molecule has 5 heteroatoms. The van der Waals surface area contributed by atoms with Gasteiger partial charge >= 0.3 is 0 Å². The van der Waals surface area contributed by atoms with E-state index in [1.807, 2.05) is 60.6 Å². The van der Waals surface area contributed by atoms with Gasteiger partial charge in [0.2, 0.25) is 0 Å². The third-order valence-electron chi connectivity index (χ3n) is 6.04. The third kappa shape index (κ3) is 3.36. The van der Waals surface area contributed by atoms with Gasteiger partial charge in [0, 0.05) is 36.7 Å². The number of nitrogens with zero attached hydrogens (tertiary/aromatic N) is 4. The summed E-state index contributed by atoms with van der Waals surface area (Å²) in [5.74, 6) is 1.51. The number of fused-ring (bicyclic) bond motifs is 1. The van der Waals surface area contributed by atoms with Crippen LogP contribution in [0.3, 0.4) is 0 Å². The highest BCUT2D eigenvalue weighted by molar-refractivity contribution is 5.97. The fraction of sp³-hybridized carbons (Fsp3) is 0.240. The zero-order chi connectivity index (χ0) is 20.5. The van der Waals surface area contributed by atoms with Crippen LogP contribution >= 0.6 is 0 Å². The molecule has 1 amide bonds. The summed E-state index contributed by atoms with van der Waals surface area (Å²) in [6, 6.07) is 20.2. The summed E-state index contributed by atoms with van der Waals surface area (Å²) < 4.78 is 2.13. The van der Waals surface area contributed by atoms with Crippen molar-refractivity contribution >= 4 is 16.9 Å². The molecule has 1 fully saturated rings. The SMILES string of the molecule is Cc1nc2cc(C(=O)N3CCC(c4ccncc4)CC3)ccc2n1-c1ccccc1. The van der Waals surface area contributed by atoms with Crippen molar-refractivity contribution in [2.75, 3.05) is 13.1 Å². The number of carbonyl (C=O) groups is 1. The molecule has 0 bridgehead atoms. The quantitative estimate of drug-likeness (QED) is 0.502. The topological polar surface area (TPSA) is 51.0 Å². The lowest BCUT2D eigenvalue weighted by Crippen LogP contribution is -2.37. The minimum atomic E-state index is 0.0944. The monoisotopic (exact) mass is 396 g/mol. The molecule has 1 saturated heterocycles. The molecule has 0 aliphatic carbocycles. The number of rotatable bonds is 3. The van der Waals surface area contributed by atoms with Gasteiger partial charge in [-0.25, -0.2) is 4.98 Å². The Morgan fingerprint density at radius 2 is 1.70 bits per heavy atom. The molecule has 0 atom stereocenters. The van der Waals surface area contributed by atoms with Crippen molar-refractivity contribution in [1.82, 2.24) is 19.4 Å². The van der Waals surface area contributed by atoms with Gasteiger partial charge < -0.3 is 4.90 Å². The van der Waals surface area contributed by atoms with E-state index in [9.17, 15) is 4.79 Å². The van der Waals surface area contributed by atoms with E-state index in [0.717, 1.165) is 48.5 Å². The first-order chi connectivity index (χ1) is 14.7. The first kappa shape index (κ1) is 18.6. The summed E-state index contributed by atoms with van der Waals surface area (Å²) in [4.78, 5) is 23.9. The molecule has 1 aliphatic heterocycles. The van der Waals surface area contributed by atoms with Gasteiger partial charge in [-0.3, -0.25) is 14.3 Å². The number of hydrogen-bond donors (Lipinski definition) is 0. The Bertz CT molecular complexity index is 1180. The highest BCUT2D eigenvalue weighted by Crippen LogP contribution is 2.29. The Hall–Kier alpha value is -3.47. The lowest BCUT2D eigenvalue weighted by atomic mass is 9.90. The number of aryl methyl sites for hydroxylation is 1. The highest BCUT2D eigenvalue weighted by Gasteiger charge is 2.25. The normalized spacial score (nSPS) is 14.9. The summed E-state index contributed by atoms with van der Waals surface area (Å²) in [6.07, 6.45) is 5.66. The minimum absolute atomic E-state index is 0.0944. The van der Waals surface area contributed by atoms with E-state index in [4.69, 9.17) is 4.98 Å². The molecule has 3 heterocycles. The number of benzene rings is 2. The van der Waals surface area contributed by atoms with Crippen LogP contribution in [-0.4, -0.2) is 38.4 Å². The van der Waals surface area contributed by atoms with E-state index >= 15 is 0 Å². The predicted octanol–water partition coefficient (Wildman–Crippen LogP) is 4.75. The summed E-state index contributed by atoms with van der Waals surface area (Å²) >= 11 is 0. The van der Waals surface area contributed by atoms with Crippen LogP contribution in [0.1, 0.15) is 40.5 Å². The van der Waals surface area contributed by atoms with Gasteiger partial charge in [0.15, 0.2) is 0 Å². The number of aromatic nitrogens is 3. The molecule has 2 aromatic heterocycles. The summed E-state index contributed by atoms with van der Waals surface area (Å²) in [5.41, 5.74) is 4.98. The second kappa shape index (κ2) is 7.75. The van der Waals surface area contributed by atoms with Crippen molar-refractivity contribution in [3.8, 4) is 5.69 Å². The number of amides is 1. The fourth-order valence-corrected chi connectivity index (χ4v) is 4.47. The van der Waals surface area contributed by atoms with Crippen molar-refractivity contribution < 1.29 is 4.79 Å². The van der Waals surface area contributed by atoms with E-state index in [1.165, 1.54) is 5.56 Å². The van der Waals surface area contributed by atoms with Crippen LogP contribution in [0.5, 0.6) is 0 Å². The molecule has 0 saturated carbocycles. The Labute approximate surface area is 176 Å². The van der Waals surface area contributed by atoms with Gasteiger partial charge in [0.05, 0.1) is 11.0 Å². The van der Waals surface area contributed by atoms with E-state index in [-0.39, 0.29) is 5.91 Å². The fourth-order valence-electron chi connectivity index (χ4n) is 4.47. The Morgan fingerprint density at radius 1 is 0.967 bits per heavy atom. The lowest BCUT2D eigenvalue weighted by molar-refractivity contribution is 0.0713. The Kier molecular flexibility index (Phi) is 4.79. The first-order valence-corrected chi connectivity index (χ1v) is 10.4. The molecular weight excluding hydrogens is 372 g/mol. The van der Waals surface area contributed by atoms with Gasteiger partial charge in [-0.1, -0.05) is 18.2 Å². The molecule has 0 N–H and O–H groups in total. The Balaban J connectivity index is 1.36. The van der Waals surface area contributed by atoms with E-state index in [2.05, 4.69) is 33.8 Å². The average molecular weight is 396 g/mol. The number of hydrogen-bond acceptors (Lipinski definition) is 3.